The maximum absolute atomic E-state index is 7.50. The molecule has 2 saturated heterocycles. The molecule has 0 atom stereocenters. The third-order valence-corrected chi connectivity index (χ3v) is 6.55. The first kappa shape index (κ1) is 76.0. The van der Waals surface area contributed by atoms with E-state index in [0.29, 0.717) is 106 Å². The molecule has 0 aliphatic carbocycles. The molecule has 0 unspecified atom stereocenters. The first-order valence-electron chi connectivity index (χ1n) is 18.0. The monoisotopic (exact) mass is 976 g/mol. The fourth-order valence-electron chi connectivity index (χ4n) is 3.12. The summed E-state index contributed by atoms with van der Waals surface area (Å²) in [5.74, 6) is 6.39. The van der Waals surface area contributed by atoms with Crippen molar-refractivity contribution >= 4 is 34.6 Å². The van der Waals surface area contributed by atoms with Gasteiger partial charge in [-0.05, 0) is 0 Å². The van der Waals surface area contributed by atoms with Crippen molar-refractivity contribution in [2.24, 2.45) is 10.8 Å². The molecule has 0 saturated carbocycles. The smallest absolute Gasteiger partial charge is 0 e. The van der Waals surface area contributed by atoms with Crippen LogP contribution in [-0.4, -0.2) is 140 Å². The Balaban J connectivity index is -0.0000000907. The largest absolute Gasteiger partial charge is 0 e. The fraction of sp³-hybridized carbons (Fsp3) is 0.591. The predicted octanol–water partition coefficient (Wildman–Crippen LogP) is 5.73. The number of hydrogen-bond acceptors (Lipinski definition) is 8. The Morgan fingerprint density at radius 1 is 0.450 bits per heavy atom. The molecule has 2 heterocycles. The molecule has 0 aromatic heterocycles. The molecule has 12 nitrogen and oxygen atoms in total. The van der Waals surface area contributed by atoms with Crippen LogP contribution in [0.25, 0.3) is 0 Å². The van der Waals surface area contributed by atoms with Gasteiger partial charge >= 0.3 is 135 Å². The molecule has 16 heteroatoms. The molecule has 0 spiro atoms. The maximum Gasteiger partial charge on any atom is 0 e. The van der Waals surface area contributed by atoms with Gasteiger partial charge in [0, 0.05) is 53.0 Å². The van der Waals surface area contributed by atoms with E-state index in [4.69, 9.17) is 56.5 Å². The normalized spacial score (nSPS) is 13.9. The molecule has 0 bridgehead atoms. The second-order valence-corrected chi connectivity index (χ2v) is 14.3. The van der Waals surface area contributed by atoms with Crippen LogP contribution in [0.5, 0.6) is 0 Å². The zero-order valence-corrected chi connectivity index (χ0v) is 41.3. The number of aryl methyl sites for hydroxylation is 2. The number of ether oxygens (including phenoxy) is 8. The van der Waals surface area contributed by atoms with E-state index in [9.17, 15) is 0 Å². The van der Waals surface area contributed by atoms with Gasteiger partial charge < -0.3 is 37.9 Å². The van der Waals surface area contributed by atoms with Crippen molar-refractivity contribution in [3.8, 4) is 21.3 Å². The van der Waals surface area contributed by atoms with E-state index in [1.165, 1.54) is 11.1 Å². The van der Waals surface area contributed by atoms with E-state index in [1.54, 1.807) is 0 Å². The summed E-state index contributed by atoms with van der Waals surface area (Å²) in [5.41, 5.74) is 2.93. The van der Waals surface area contributed by atoms with Crippen LogP contribution >= 0.6 is 0 Å². The molecule has 2 aromatic rings. The first-order valence-corrected chi connectivity index (χ1v) is 19.9. The van der Waals surface area contributed by atoms with Crippen molar-refractivity contribution in [2.45, 2.75) is 55.4 Å². The standard InChI is InChI=1S/C12H18As.2C8H16O4.2C6H7.4CO.Li.2Mn/c1-11(2,3)7-9-13-10-8-12(4,5)6;2*1-2-10-5-6-12-8-7-11-4-3-9-1;2*1-6-4-2-3-5-6;4*1-2;;;/h1-6H3;2*1-8H2;2*2-5H,1H3;;;;;;;/q;;;2*-1;;;;;;;. The summed E-state index contributed by atoms with van der Waals surface area (Å²) in [7, 11) is 0. The summed E-state index contributed by atoms with van der Waals surface area (Å²) < 4.78 is 78.1. The number of rotatable bonds is 0. The van der Waals surface area contributed by atoms with Gasteiger partial charge in [0.05, 0.1) is 106 Å². The maximum atomic E-state index is 7.50. The van der Waals surface area contributed by atoms with Crippen molar-refractivity contribution in [1.29, 1.82) is 0 Å². The van der Waals surface area contributed by atoms with Gasteiger partial charge in [-0.2, -0.15) is 36.4 Å². The summed E-state index contributed by atoms with van der Waals surface area (Å²) in [6.45, 7) is 45.2. The molecule has 2 fully saturated rings. The minimum atomic E-state index is -0.0937. The Morgan fingerprint density at radius 3 is 0.733 bits per heavy atom. The average Bonchev–Trinajstić information content (AvgIpc) is 3.89. The van der Waals surface area contributed by atoms with Crippen molar-refractivity contribution < 1.29 is 90.6 Å². The van der Waals surface area contributed by atoms with E-state index < -0.39 is 0 Å². The van der Waals surface area contributed by atoms with Crippen LogP contribution in [0.4, 0.5) is 0 Å². The van der Waals surface area contributed by atoms with Crippen LogP contribution in [0.2, 0.25) is 0 Å². The second-order valence-electron chi connectivity index (χ2n) is 12.9. The van der Waals surface area contributed by atoms with Gasteiger partial charge in [0.1, 0.15) is 0 Å². The zero-order chi connectivity index (χ0) is 44.3. The van der Waals surface area contributed by atoms with Gasteiger partial charge in [-0.3, -0.25) is 0 Å². The molecular weight excluding hydrogens is 912 g/mol. The van der Waals surface area contributed by atoms with Gasteiger partial charge in [0.15, 0.2) is 0 Å². The Bertz CT molecular complexity index is 1070. The SMILES string of the molecule is C1COCCOCCOCCO1.C1COCCOCCOCCO1.CC(C)(C)C#C[As]C#CC(C)(C)C.Cc1cc[cH-]c1.Cc1cc[cH-]c1.[C-]#[O+].[C-]#[O+].[C-]#[O+].[C-]#[O+].[Li].[Mn].[Mn]. The quantitative estimate of drug-likeness (QED) is 0.141. The van der Waals surface area contributed by atoms with Gasteiger partial charge in [-0.1, -0.05) is 13.8 Å². The zero-order valence-electron chi connectivity index (χ0n) is 37.0. The molecule has 4 rings (SSSR count). The van der Waals surface area contributed by atoms with Crippen LogP contribution in [0.1, 0.15) is 52.7 Å². The molecule has 2 aliphatic rings. The van der Waals surface area contributed by atoms with E-state index in [2.05, 4.69) is 128 Å². The summed E-state index contributed by atoms with van der Waals surface area (Å²) in [4.78, 5) is 0. The van der Waals surface area contributed by atoms with Crippen LogP contribution in [-0.2, 0) is 90.6 Å². The molecule has 0 N–H and O–H groups in total. The number of hydrogen-bond donors (Lipinski definition) is 0. The van der Waals surface area contributed by atoms with Gasteiger partial charge in [-0.25, -0.2) is 23.3 Å². The average molecular weight is 977 g/mol. The predicted molar refractivity (Wildman–Crippen MR) is 222 cm³/mol. The molecule has 2 aliphatic heterocycles. The van der Waals surface area contributed by atoms with E-state index in [-0.39, 0.29) is 79.6 Å². The van der Waals surface area contributed by atoms with Gasteiger partial charge in [-0.15, -0.1) is 0 Å². The summed E-state index contributed by atoms with van der Waals surface area (Å²) in [6, 6.07) is 16.5. The molecule has 0 amide bonds. The summed E-state index contributed by atoms with van der Waals surface area (Å²) in [5, 5.41) is 0. The minimum absolute atomic E-state index is 0. The first-order chi connectivity index (χ1) is 27.5. The fourth-order valence-corrected chi connectivity index (χ4v) is 4.88. The van der Waals surface area contributed by atoms with Crippen LogP contribution < -0.4 is 0 Å². The topological polar surface area (TPSA) is 153 Å². The van der Waals surface area contributed by atoms with Crippen LogP contribution in [0.3, 0.4) is 0 Å². The van der Waals surface area contributed by atoms with Crippen molar-refractivity contribution in [1.82, 2.24) is 0 Å². The van der Waals surface area contributed by atoms with E-state index >= 15 is 0 Å². The van der Waals surface area contributed by atoms with Crippen molar-refractivity contribution in [2.75, 3.05) is 106 Å². The Hall–Kier alpha value is -1.35. The molecule has 2 aromatic carbocycles. The Kier molecular flexibility index (Phi) is 81.4. The minimum Gasteiger partial charge on any atom is 0 e. The van der Waals surface area contributed by atoms with Crippen LogP contribution in [0, 0.1) is 72.5 Å². The van der Waals surface area contributed by atoms with Gasteiger partial charge in [0.25, 0.3) is 0 Å². The van der Waals surface area contributed by atoms with Crippen molar-refractivity contribution in [3.05, 3.63) is 86.3 Å². The molecular formula is C44H64AsLiMn2O12-2. The third-order valence-electron chi connectivity index (χ3n) is 5.61. The van der Waals surface area contributed by atoms with Crippen molar-refractivity contribution in [3.63, 3.8) is 0 Å². The Morgan fingerprint density at radius 2 is 0.633 bits per heavy atom. The molecule has 60 heavy (non-hydrogen) atoms. The Labute approximate surface area is 402 Å². The van der Waals surface area contributed by atoms with Crippen LogP contribution in [0.15, 0.2) is 48.5 Å². The molecule has 4 radical (unpaired) electrons. The summed E-state index contributed by atoms with van der Waals surface area (Å²) in [6.07, 6.45) is 0. The molecule has 334 valence electrons. The summed E-state index contributed by atoms with van der Waals surface area (Å²) >= 11 is -0.0937. The van der Waals surface area contributed by atoms with E-state index in [1.807, 2.05) is 24.3 Å². The second kappa shape index (κ2) is 64.3. The third kappa shape index (κ3) is 80.6. The van der Waals surface area contributed by atoms with Gasteiger partial charge in [0.2, 0.25) is 0 Å². The van der Waals surface area contributed by atoms with E-state index in [0.717, 1.165) is 0 Å².